The summed E-state index contributed by atoms with van der Waals surface area (Å²) in [6.45, 7) is 24.6. The number of rotatable bonds is 21. The lowest BCUT2D eigenvalue weighted by Crippen LogP contribution is -2.54. The maximum Gasteiger partial charge on any atom is 0.266 e. The molecule has 0 aliphatic carbocycles. The van der Waals surface area contributed by atoms with E-state index in [9.17, 15) is 9.90 Å². The molecule has 1 aliphatic rings. The summed E-state index contributed by atoms with van der Waals surface area (Å²) < 4.78 is 26.2. The zero-order chi connectivity index (χ0) is 36.1. The number of hydrogen-bond acceptors (Lipinski definition) is 7. The average molecular weight is 710 g/mol. The summed E-state index contributed by atoms with van der Waals surface area (Å²) in [4.78, 5) is 16.0. The third kappa shape index (κ3) is 10.7. The van der Waals surface area contributed by atoms with E-state index in [-0.39, 0.29) is 30.2 Å². The van der Waals surface area contributed by atoms with Gasteiger partial charge in [0.2, 0.25) is 0 Å². The molecule has 2 aromatic rings. The Morgan fingerprint density at radius 1 is 0.939 bits per heavy atom. The van der Waals surface area contributed by atoms with E-state index in [1.165, 1.54) is 4.90 Å². The van der Waals surface area contributed by atoms with Crippen molar-refractivity contribution in [2.75, 3.05) is 13.2 Å². The molecule has 6 atom stereocenters. The van der Waals surface area contributed by atoms with Crippen molar-refractivity contribution in [3.05, 3.63) is 97.1 Å². The maximum atomic E-state index is 14.5. The van der Waals surface area contributed by atoms with Gasteiger partial charge in [-0.3, -0.25) is 9.69 Å². The molecule has 1 fully saturated rings. The van der Waals surface area contributed by atoms with E-state index < -0.39 is 38.6 Å². The van der Waals surface area contributed by atoms with E-state index in [4.69, 9.17) is 30.9 Å². The van der Waals surface area contributed by atoms with E-state index in [0.29, 0.717) is 42.7 Å². The highest BCUT2D eigenvalue weighted by Gasteiger charge is 2.47. The van der Waals surface area contributed by atoms with Gasteiger partial charge in [0.1, 0.15) is 6.61 Å². The molecule has 7 nitrogen and oxygen atoms in total. The standard InChI is InChI=1S/C40H59NO6SSi/c1-10-18-35(42)38(39(43)41-34(27-45-40(41)48)24-32-20-14-12-15-21-32)47-37(36(19-11-2)44-26-33-22-16-13-17-23-33)31(9)25-46-49(28(3)4,29(5)6)30(7)8/h10-17,20-23,28-31,34-38,42H,1-2,18-19,24-27H2,3-9H3/t31-,34-,35+,36-,37+,38+/m0/s1. The van der Waals surface area contributed by atoms with E-state index in [1.54, 1.807) is 6.08 Å². The minimum atomic E-state index is -2.22. The van der Waals surface area contributed by atoms with Crippen LogP contribution in [0.15, 0.2) is 86.0 Å². The third-order valence-corrected chi connectivity index (χ3v) is 16.1. The van der Waals surface area contributed by atoms with Crippen LogP contribution in [0.25, 0.3) is 0 Å². The Hall–Kier alpha value is -2.66. The van der Waals surface area contributed by atoms with Crippen molar-refractivity contribution >= 4 is 31.6 Å². The van der Waals surface area contributed by atoms with E-state index in [0.717, 1.165) is 11.1 Å². The van der Waals surface area contributed by atoms with Gasteiger partial charge in [-0.15, -0.1) is 13.2 Å². The Labute approximate surface area is 301 Å². The molecule has 1 N–H and O–H groups in total. The molecule has 0 aromatic heterocycles. The second-order valence-corrected chi connectivity index (χ2v) is 20.0. The smallest absolute Gasteiger partial charge is 0.266 e. The third-order valence-electron chi connectivity index (χ3n) is 9.75. The normalized spacial score (nSPS) is 18.3. The highest BCUT2D eigenvalue weighted by atomic mass is 32.1. The van der Waals surface area contributed by atoms with Crippen molar-refractivity contribution in [2.45, 2.75) is 121 Å². The molecular formula is C40H59NO6SSi. The molecule has 1 saturated heterocycles. The Morgan fingerprint density at radius 3 is 2.02 bits per heavy atom. The SMILES string of the molecule is C=CC[C@@H](O)[C@@H](O[C@@H]([C@H](CC=C)OCc1ccccc1)[C@@H](C)CO[Si](C(C)C)(C(C)C)C(C)C)C(=O)N1C(=S)OC[C@@H]1Cc1ccccc1. The average Bonchev–Trinajstić information content (AvgIpc) is 3.43. The zero-order valence-corrected chi connectivity index (χ0v) is 32.4. The second kappa shape index (κ2) is 19.7. The predicted molar refractivity (Wildman–Crippen MR) is 205 cm³/mol. The number of hydrogen-bond donors (Lipinski definition) is 1. The number of aliphatic hydroxyl groups excluding tert-OH is 1. The first kappa shape index (κ1) is 40.8. The molecule has 3 rings (SSSR count). The fraction of sp³-hybridized carbons (Fsp3) is 0.550. The quantitative estimate of drug-likeness (QED) is 0.0793. The lowest BCUT2D eigenvalue weighted by molar-refractivity contribution is -0.176. The molecule has 9 heteroatoms. The topological polar surface area (TPSA) is 77.5 Å². The van der Waals surface area contributed by atoms with Gasteiger partial charge in [-0.1, -0.05) is 121 Å². The molecule has 0 saturated carbocycles. The number of aliphatic hydroxyl groups is 1. The molecule has 0 unspecified atom stereocenters. The Morgan fingerprint density at radius 2 is 1.49 bits per heavy atom. The van der Waals surface area contributed by atoms with Gasteiger partial charge in [0.05, 0.1) is 31.0 Å². The highest BCUT2D eigenvalue weighted by Crippen LogP contribution is 2.43. The van der Waals surface area contributed by atoms with Crippen LogP contribution in [0.4, 0.5) is 0 Å². The van der Waals surface area contributed by atoms with Gasteiger partial charge in [-0.2, -0.15) is 0 Å². The Bertz CT molecular complexity index is 1300. The van der Waals surface area contributed by atoms with Crippen LogP contribution in [-0.4, -0.2) is 73.1 Å². The Balaban J connectivity index is 2.00. The molecule has 0 spiro atoms. The van der Waals surface area contributed by atoms with E-state index in [2.05, 4.69) is 61.6 Å². The lowest BCUT2D eigenvalue weighted by atomic mass is 9.96. The number of nitrogens with zero attached hydrogens (tertiary/aromatic N) is 1. The molecule has 1 aliphatic heterocycles. The van der Waals surface area contributed by atoms with Crippen molar-refractivity contribution in [3.8, 4) is 0 Å². The van der Waals surface area contributed by atoms with Crippen LogP contribution < -0.4 is 0 Å². The number of thiocarbonyl (C=S) groups is 1. The largest absolute Gasteiger partial charge is 0.468 e. The zero-order valence-electron chi connectivity index (χ0n) is 30.6. The van der Waals surface area contributed by atoms with Crippen molar-refractivity contribution in [1.29, 1.82) is 0 Å². The van der Waals surface area contributed by atoms with Gasteiger partial charge < -0.3 is 23.7 Å². The van der Waals surface area contributed by atoms with E-state index >= 15 is 0 Å². The molecule has 1 amide bonds. The van der Waals surface area contributed by atoms with Gasteiger partial charge >= 0.3 is 0 Å². The number of benzene rings is 2. The number of carbonyl (C=O) groups excluding carboxylic acids is 1. The highest BCUT2D eigenvalue weighted by molar-refractivity contribution is 7.80. The maximum absolute atomic E-state index is 14.5. The van der Waals surface area contributed by atoms with Crippen LogP contribution in [0.5, 0.6) is 0 Å². The van der Waals surface area contributed by atoms with Crippen molar-refractivity contribution in [1.82, 2.24) is 4.90 Å². The van der Waals surface area contributed by atoms with Crippen LogP contribution in [0, 0.1) is 5.92 Å². The minimum absolute atomic E-state index is 0.0859. The van der Waals surface area contributed by atoms with Crippen LogP contribution >= 0.6 is 12.2 Å². The summed E-state index contributed by atoms with van der Waals surface area (Å²) in [5, 5.41) is 11.6. The van der Waals surface area contributed by atoms with Crippen molar-refractivity contribution in [3.63, 3.8) is 0 Å². The summed E-state index contributed by atoms with van der Waals surface area (Å²) in [7, 11) is -2.22. The van der Waals surface area contributed by atoms with Crippen LogP contribution in [0.2, 0.25) is 16.6 Å². The van der Waals surface area contributed by atoms with Crippen LogP contribution in [0.1, 0.15) is 72.4 Å². The van der Waals surface area contributed by atoms with Crippen molar-refractivity contribution in [2.24, 2.45) is 5.92 Å². The fourth-order valence-electron chi connectivity index (χ4n) is 7.38. The van der Waals surface area contributed by atoms with Crippen molar-refractivity contribution < 1.29 is 28.5 Å². The second-order valence-electron chi connectivity index (χ2n) is 14.2. The first-order chi connectivity index (χ1) is 23.4. The fourth-order valence-corrected chi connectivity index (χ4v) is 13.2. The van der Waals surface area contributed by atoms with Gasteiger partial charge in [0.25, 0.3) is 11.1 Å². The summed E-state index contributed by atoms with van der Waals surface area (Å²) in [6.07, 6.45) is 1.06. The van der Waals surface area contributed by atoms with Gasteiger partial charge in [-0.05, 0) is 59.2 Å². The summed E-state index contributed by atoms with van der Waals surface area (Å²) in [5.74, 6) is -0.636. The lowest BCUT2D eigenvalue weighted by Gasteiger charge is -2.44. The monoisotopic (exact) mass is 709 g/mol. The summed E-state index contributed by atoms with van der Waals surface area (Å²) in [5.41, 5.74) is 3.28. The number of ether oxygens (including phenoxy) is 3. The summed E-state index contributed by atoms with van der Waals surface area (Å²) >= 11 is 5.56. The molecule has 49 heavy (non-hydrogen) atoms. The molecule has 2 aromatic carbocycles. The van der Waals surface area contributed by atoms with Gasteiger partial charge in [0, 0.05) is 12.5 Å². The number of carbonyl (C=O) groups is 1. The summed E-state index contributed by atoms with van der Waals surface area (Å²) in [6, 6.07) is 19.5. The predicted octanol–water partition coefficient (Wildman–Crippen LogP) is 8.42. The molecule has 0 radical (unpaired) electrons. The molecule has 270 valence electrons. The molecule has 0 bridgehead atoms. The number of amides is 1. The Kier molecular flexibility index (Phi) is 16.4. The van der Waals surface area contributed by atoms with E-state index in [1.807, 2.05) is 66.7 Å². The van der Waals surface area contributed by atoms with Gasteiger partial charge in [0.15, 0.2) is 14.4 Å². The van der Waals surface area contributed by atoms with Crippen LogP contribution in [-0.2, 0) is 36.5 Å². The first-order valence-electron chi connectivity index (χ1n) is 17.8. The molecular weight excluding hydrogens is 651 g/mol. The van der Waals surface area contributed by atoms with Gasteiger partial charge in [-0.25, -0.2) is 0 Å². The molecule has 1 heterocycles. The minimum Gasteiger partial charge on any atom is -0.468 e. The first-order valence-corrected chi connectivity index (χ1v) is 20.3. The van der Waals surface area contributed by atoms with Crippen LogP contribution in [0.3, 0.4) is 0 Å².